The Kier molecular flexibility index (Phi) is 3.40. The van der Waals surface area contributed by atoms with Crippen molar-refractivity contribution in [2.24, 2.45) is 0 Å². The van der Waals surface area contributed by atoms with Gasteiger partial charge in [-0.25, -0.2) is 9.59 Å². The van der Waals surface area contributed by atoms with Crippen LogP contribution in [0.1, 0.15) is 23.0 Å². The summed E-state index contributed by atoms with van der Waals surface area (Å²) in [4.78, 5) is 23.1. The average molecular weight is 306 g/mol. The summed E-state index contributed by atoms with van der Waals surface area (Å²) in [6.07, 6.45) is -1.91. The van der Waals surface area contributed by atoms with Gasteiger partial charge in [0.1, 0.15) is 24.0 Å². The number of cyclic esters (lactones) is 2. The molecule has 1 aliphatic heterocycles. The molecule has 2 atom stereocenters. The summed E-state index contributed by atoms with van der Waals surface area (Å²) in [7, 11) is 0. The number of rotatable bonds is 3. The molecule has 7 heteroatoms. The first kappa shape index (κ1) is 14.2. The van der Waals surface area contributed by atoms with E-state index in [4.69, 9.17) is 18.6 Å². The van der Waals surface area contributed by atoms with Gasteiger partial charge >= 0.3 is 12.1 Å². The summed E-state index contributed by atoms with van der Waals surface area (Å²) < 4.78 is 20.2. The number of esters is 1. The number of phenols is 1. The monoisotopic (exact) mass is 306 g/mol. The fourth-order valence-corrected chi connectivity index (χ4v) is 2.34. The van der Waals surface area contributed by atoms with E-state index in [1.807, 2.05) is 0 Å². The minimum absolute atomic E-state index is 0.00870. The van der Waals surface area contributed by atoms with Gasteiger partial charge in [-0.05, 0) is 26.0 Å². The van der Waals surface area contributed by atoms with E-state index >= 15 is 0 Å². The molecule has 0 bridgehead atoms. The quantitative estimate of drug-likeness (QED) is 0.870. The van der Waals surface area contributed by atoms with E-state index in [1.165, 1.54) is 6.07 Å². The number of hydrogen-bond donors (Lipinski definition) is 1. The molecule has 1 aromatic heterocycles. The molecule has 2 heterocycles. The number of benzene rings is 1. The van der Waals surface area contributed by atoms with Gasteiger partial charge in [0, 0.05) is 5.56 Å². The van der Waals surface area contributed by atoms with E-state index in [0.29, 0.717) is 16.5 Å². The summed E-state index contributed by atoms with van der Waals surface area (Å²) in [5, 5.41) is 10.3. The average Bonchev–Trinajstić information content (AvgIpc) is 2.97. The zero-order valence-corrected chi connectivity index (χ0v) is 12.0. The van der Waals surface area contributed by atoms with Crippen LogP contribution in [0, 0.1) is 6.92 Å². The van der Waals surface area contributed by atoms with Crippen LogP contribution < -0.4 is 0 Å². The number of carbonyl (C=O) groups excluding carboxylic acids is 2. The van der Waals surface area contributed by atoms with E-state index in [-0.39, 0.29) is 18.1 Å². The van der Waals surface area contributed by atoms with E-state index < -0.39 is 24.3 Å². The highest BCUT2D eigenvalue weighted by molar-refractivity contribution is 5.98. The lowest BCUT2D eigenvalue weighted by molar-refractivity contribution is 0.0220. The van der Waals surface area contributed by atoms with Crippen molar-refractivity contribution in [3.05, 3.63) is 29.5 Å². The Balaban J connectivity index is 1.77. The number of phenolic OH excluding ortho intramolecular Hbond substituents is 1. The first-order valence-electron chi connectivity index (χ1n) is 6.73. The number of aromatic hydroxyl groups is 1. The Morgan fingerprint density at radius 2 is 2.14 bits per heavy atom. The second-order valence-electron chi connectivity index (χ2n) is 5.03. The number of hydrogen-bond acceptors (Lipinski definition) is 7. The standard InChI is InChI=1S/C15H14O7/c1-7-12-9(16)4-3-5-10(12)21-13(7)14(17)19-6-11-8(2)20-15(18)22-11/h3-5,8,11,16H,6H2,1-2H3. The summed E-state index contributed by atoms with van der Waals surface area (Å²) in [5.74, 6) is -0.651. The molecule has 22 heavy (non-hydrogen) atoms. The molecular formula is C15H14O7. The van der Waals surface area contributed by atoms with Crippen LogP contribution in [0.15, 0.2) is 22.6 Å². The van der Waals surface area contributed by atoms with Crippen LogP contribution in [-0.2, 0) is 14.2 Å². The van der Waals surface area contributed by atoms with Crippen molar-refractivity contribution in [2.45, 2.75) is 26.1 Å². The zero-order chi connectivity index (χ0) is 15.9. The van der Waals surface area contributed by atoms with Gasteiger partial charge < -0.3 is 23.7 Å². The van der Waals surface area contributed by atoms with Crippen LogP contribution in [0.4, 0.5) is 4.79 Å². The molecule has 0 radical (unpaired) electrons. The minimum atomic E-state index is -0.779. The maximum absolute atomic E-state index is 12.1. The highest BCUT2D eigenvalue weighted by Crippen LogP contribution is 2.32. The zero-order valence-electron chi connectivity index (χ0n) is 12.0. The van der Waals surface area contributed by atoms with Gasteiger partial charge in [-0.2, -0.15) is 0 Å². The Morgan fingerprint density at radius 3 is 2.77 bits per heavy atom. The second kappa shape index (κ2) is 5.25. The fourth-order valence-electron chi connectivity index (χ4n) is 2.34. The third kappa shape index (κ3) is 2.34. The van der Waals surface area contributed by atoms with Gasteiger partial charge in [-0.3, -0.25) is 0 Å². The molecule has 0 spiro atoms. The lowest BCUT2D eigenvalue weighted by atomic mass is 10.1. The lowest BCUT2D eigenvalue weighted by Crippen LogP contribution is -2.26. The first-order chi connectivity index (χ1) is 10.5. The maximum Gasteiger partial charge on any atom is 0.509 e. The topological polar surface area (TPSA) is 95.2 Å². The minimum Gasteiger partial charge on any atom is -0.507 e. The summed E-state index contributed by atoms with van der Waals surface area (Å²) in [6.45, 7) is 3.17. The van der Waals surface area contributed by atoms with Crippen molar-refractivity contribution in [2.75, 3.05) is 6.61 Å². The fraction of sp³-hybridized carbons (Fsp3) is 0.333. The third-order valence-electron chi connectivity index (χ3n) is 3.55. The number of aryl methyl sites for hydroxylation is 1. The van der Waals surface area contributed by atoms with Crippen molar-refractivity contribution in [1.29, 1.82) is 0 Å². The van der Waals surface area contributed by atoms with Gasteiger partial charge in [0.15, 0.2) is 6.10 Å². The van der Waals surface area contributed by atoms with E-state index in [1.54, 1.807) is 26.0 Å². The molecule has 1 fully saturated rings. The van der Waals surface area contributed by atoms with E-state index in [0.717, 1.165) is 0 Å². The second-order valence-corrected chi connectivity index (χ2v) is 5.03. The van der Waals surface area contributed by atoms with Gasteiger partial charge in [-0.1, -0.05) is 6.07 Å². The van der Waals surface area contributed by atoms with Gasteiger partial charge in [0.05, 0.1) is 5.39 Å². The summed E-state index contributed by atoms with van der Waals surface area (Å²) in [5.41, 5.74) is 0.888. The Labute approximate surface area is 125 Å². The van der Waals surface area contributed by atoms with E-state index in [9.17, 15) is 14.7 Å². The number of fused-ring (bicyclic) bond motifs is 1. The third-order valence-corrected chi connectivity index (χ3v) is 3.55. The van der Waals surface area contributed by atoms with Crippen molar-refractivity contribution in [3.63, 3.8) is 0 Å². The van der Waals surface area contributed by atoms with E-state index in [2.05, 4.69) is 0 Å². The number of furan rings is 1. The smallest absolute Gasteiger partial charge is 0.507 e. The molecule has 2 unspecified atom stereocenters. The largest absolute Gasteiger partial charge is 0.509 e. The molecule has 7 nitrogen and oxygen atoms in total. The van der Waals surface area contributed by atoms with Crippen molar-refractivity contribution >= 4 is 23.1 Å². The van der Waals surface area contributed by atoms with Crippen LogP contribution >= 0.6 is 0 Å². The van der Waals surface area contributed by atoms with Gasteiger partial charge in [0.2, 0.25) is 5.76 Å². The normalized spacial score (nSPS) is 20.7. The number of ether oxygens (including phenoxy) is 3. The van der Waals surface area contributed by atoms with Crippen LogP contribution in [0.5, 0.6) is 5.75 Å². The van der Waals surface area contributed by atoms with Crippen LogP contribution in [0.25, 0.3) is 11.0 Å². The predicted octanol–water partition coefficient (Wildman–Crippen LogP) is 2.53. The Hall–Kier alpha value is -2.70. The molecule has 1 aliphatic rings. The summed E-state index contributed by atoms with van der Waals surface area (Å²) >= 11 is 0. The van der Waals surface area contributed by atoms with Gasteiger partial charge in [0.25, 0.3) is 0 Å². The molecule has 0 amide bonds. The van der Waals surface area contributed by atoms with Gasteiger partial charge in [-0.15, -0.1) is 0 Å². The molecular weight excluding hydrogens is 292 g/mol. The molecule has 1 saturated heterocycles. The maximum atomic E-state index is 12.1. The van der Waals surface area contributed by atoms with Crippen LogP contribution in [-0.4, -0.2) is 36.0 Å². The Bertz CT molecular complexity index is 746. The lowest BCUT2D eigenvalue weighted by Gasteiger charge is -2.10. The highest BCUT2D eigenvalue weighted by Gasteiger charge is 2.34. The predicted molar refractivity (Wildman–Crippen MR) is 73.7 cm³/mol. The molecule has 0 saturated carbocycles. The molecule has 116 valence electrons. The molecule has 1 N–H and O–H groups in total. The van der Waals surface area contributed by atoms with Crippen molar-refractivity contribution in [1.82, 2.24) is 0 Å². The molecule has 3 rings (SSSR count). The van der Waals surface area contributed by atoms with Crippen molar-refractivity contribution < 1.29 is 33.3 Å². The first-order valence-corrected chi connectivity index (χ1v) is 6.73. The number of carbonyl (C=O) groups is 2. The Morgan fingerprint density at radius 1 is 1.36 bits per heavy atom. The molecule has 2 aromatic rings. The SMILES string of the molecule is Cc1c(C(=O)OCC2OC(=O)OC2C)oc2cccc(O)c12. The summed E-state index contributed by atoms with van der Waals surface area (Å²) in [6, 6.07) is 4.77. The van der Waals surface area contributed by atoms with Crippen LogP contribution in [0.2, 0.25) is 0 Å². The molecule has 1 aromatic carbocycles. The highest BCUT2D eigenvalue weighted by atomic mass is 16.8. The van der Waals surface area contributed by atoms with Crippen molar-refractivity contribution in [3.8, 4) is 5.75 Å². The molecule has 0 aliphatic carbocycles. The van der Waals surface area contributed by atoms with Crippen LogP contribution in [0.3, 0.4) is 0 Å².